The van der Waals surface area contributed by atoms with E-state index in [1.807, 2.05) is 18.2 Å². The van der Waals surface area contributed by atoms with Crippen molar-refractivity contribution in [3.05, 3.63) is 46.2 Å². The first-order valence-electron chi connectivity index (χ1n) is 8.59. The fourth-order valence-corrected chi connectivity index (χ4v) is 3.71. The van der Waals surface area contributed by atoms with Crippen LogP contribution >= 0.6 is 23.2 Å². The summed E-state index contributed by atoms with van der Waals surface area (Å²) in [5.41, 5.74) is 1.04. The van der Waals surface area contributed by atoms with E-state index in [0.717, 1.165) is 43.4 Å². The zero-order valence-electron chi connectivity index (χ0n) is 13.9. The third-order valence-corrected chi connectivity index (χ3v) is 5.51. The van der Waals surface area contributed by atoms with Crippen molar-refractivity contribution in [1.82, 2.24) is 9.97 Å². The number of halogens is 2. The third-order valence-electron chi connectivity index (χ3n) is 4.77. The molecule has 0 saturated carbocycles. The minimum atomic E-state index is -0.0475. The Kier molecular flexibility index (Phi) is 4.97. The van der Waals surface area contributed by atoms with Crippen LogP contribution in [0.4, 0.5) is 11.6 Å². The fourth-order valence-electron chi connectivity index (χ4n) is 3.40. The van der Waals surface area contributed by atoms with Gasteiger partial charge in [0, 0.05) is 32.2 Å². The Hall–Kier alpha value is -1.56. The van der Waals surface area contributed by atoms with Gasteiger partial charge >= 0.3 is 0 Å². The van der Waals surface area contributed by atoms with Gasteiger partial charge in [-0.25, -0.2) is 9.97 Å². The summed E-state index contributed by atoms with van der Waals surface area (Å²) in [6.45, 7) is 4.34. The van der Waals surface area contributed by atoms with Gasteiger partial charge in [-0.05, 0) is 30.5 Å². The summed E-state index contributed by atoms with van der Waals surface area (Å²) >= 11 is 12.2. The zero-order chi connectivity index (χ0) is 17.2. The molecule has 0 aliphatic carbocycles. The van der Waals surface area contributed by atoms with E-state index in [2.05, 4.69) is 25.8 Å². The van der Waals surface area contributed by atoms with Gasteiger partial charge in [0.05, 0.1) is 16.7 Å². The van der Waals surface area contributed by atoms with Gasteiger partial charge in [0.1, 0.15) is 24.1 Å². The summed E-state index contributed by atoms with van der Waals surface area (Å²) in [6, 6.07) is 7.76. The molecule has 7 heteroatoms. The maximum absolute atomic E-state index is 6.15. The van der Waals surface area contributed by atoms with E-state index in [4.69, 9.17) is 27.9 Å². The second-order valence-corrected chi connectivity index (χ2v) is 7.22. The normalized spacial score (nSPS) is 21.0. The van der Waals surface area contributed by atoms with Crippen molar-refractivity contribution in [2.45, 2.75) is 18.9 Å². The smallest absolute Gasteiger partial charge is 0.134 e. The minimum Gasteiger partial charge on any atom is -0.370 e. The molecule has 2 aliphatic heterocycles. The first-order valence-corrected chi connectivity index (χ1v) is 9.35. The van der Waals surface area contributed by atoms with Gasteiger partial charge in [-0.3, -0.25) is 0 Å². The Morgan fingerprint density at radius 3 is 2.44 bits per heavy atom. The van der Waals surface area contributed by atoms with Gasteiger partial charge in [-0.15, -0.1) is 0 Å². The largest absolute Gasteiger partial charge is 0.370 e. The molecular formula is C18H20Cl2N4O. The summed E-state index contributed by atoms with van der Waals surface area (Å²) in [5.74, 6) is 1.96. The SMILES string of the molecule is Clc1ccc(C2CN(c3cc(N4CCCC4)ncn3)CCO2)cc1Cl. The predicted octanol–water partition coefficient (Wildman–Crippen LogP) is 3.96. The second kappa shape index (κ2) is 7.36. The van der Waals surface area contributed by atoms with E-state index in [0.29, 0.717) is 16.7 Å². The molecule has 2 aliphatic rings. The van der Waals surface area contributed by atoms with E-state index in [-0.39, 0.29) is 6.10 Å². The molecule has 5 nitrogen and oxygen atoms in total. The molecule has 2 saturated heterocycles. The number of aromatic nitrogens is 2. The number of morpholine rings is 1. The maximum Gasteiger partial charge on any atom is 0.134 e. The van der Waals surface area contributed by atoms with Crippen molar-refractivity contribution in [3.63, 3.8) is 0 Å². The van der Waals surface area contributed by atoms with Crippen LogP contribution in [0.2, 0.25) is 10.0 Å². The zero-order valence-corrected chi connectivity index (χ0v) is 15.4. The quantitative estimate of drug-likeness (QED) is 0.808. The second-order valence-electron chi connectivity index (χ2n) is 6.41. The van der Waals surface area contributed by atoms with Gasteiger partial charge in [0.25, 0.3) is 0 Å². The van der Waals surface area contributed by atoms with E-state index in [1.165, 1.54) is 12.8 Å². The molecule has 2 aromatic rings. The highest BCUT2D eigenvalue weighted by Crippen LogP contribution is 2.31. The number of nitrogens with zero attached hydrogens (tertiary/aromatic N) is 4. The Morgan fingerprint density at radius 1 is 0.920 bits per heavy atom. The van der Waals surface area contributed by atoms with Gasteiger partial charge in [-0.2, -0.15) is 0 Å². The molecule has 1 aromatic carbocycles. The molecule has 0 N–H and O–H groups in total. The highest BCUT2D eigenvalue weighted by Gasteiger charge is 2.24. The lowest BCUT2D eigenvalue weighted by Gasteiger charge is -2.34. The molecule has 1 aromatic heterocycles. The molecule has 132 valence electrons. The van der Waals surface area contributed by atoms with E-state index in [1.54, 1.807) is 6.33 Å². The highest BCUT2D eigenvalue weighted by atomic mass is 35.5. The summed E-state index contributed by atoms with van der Waals surface area (Å²) < 4.78 is 5.94. The van der Waals surface area contributed by atoms with Gasteiger partial charge < -0.3 is 14.5 Å². The van der Waals surface area contributed by atoms with Gasteiger partial charge in [-0.1, -0.05) is 29.3 Å². The maximum atomic E-state index is 6.15. The lowest BCUT2D eigenvalue weighted by atomic mass is 10.1. The highest BCUT2D eigenvalue weighted by molar-refractivity contribution is 6.42. The molecule has 3 heterocycles. The van der Waals surface area contributed by atoms with Crippen molar-refractivity contribution in [3.8, 4) is 0 Å². The van der Waals surface area contributed by atoms with Gasteiger partial charge in [0.15, 0.2) is 0 Å². The van der Waals surface area contributed by atoms with Crippen LogP contribution in [0.5, 0.6) is 0 Å². The number of benzene rings is 1. The molecule has 0 amide bonds. The van der Waals surface area contributed by atoms with E-state index < -0.39 is 0 Å². The number of hydrogen-bond donors (Lipinski definition) is 0. The molecule has 0 radical (unpaired) electrons. The molecule has 2 fully saturated rings. The minimum absolute atomic E-state index is 0.0475. The van der Waals surface area contributed by atoms with Crippen molar-refractivity contribution < 1.29 is 4.74 Å². The molecule has 25 heavy (non-hydrogen) atoms. The van der Waals surface area contributed by atoms with Crippen LogP contribution in [-0.2, 0) is 4.74 Å². The van der Waals surface area contributed by atoms with Crippen LogP contribution in [0, 0.1) is 0 Å². The van der Waals surface area contributed by atoms with Crippen molar-refractivity contribution >= 4 is 34.8 Å². The van der Waals surface area contributed by atoms with Crippen molar-refractivity contribution in [2.24, 2.45) is 0 Å². The van der Waals surface area contributed by atoms with Crippen LogP contribution in [0.15, 0.2) is 30.6 Å². The van der Waals surface area contributed by atoms with Crippen molar-refractivity contribution in [2.75, 3.05) is 42.6 Å². The molecule has 1 unspecified atom stereocenters. The number of rotatable bonds is 3. The van der Waals surface area contributed by atoms with E-state index >= 15 is 0 Å². The molecule has 0 bridgehead atoms. The summed E-state index contributed by atoms with van der Waals surface area (Å²) in [7, 11) is 0. The van der Waals surface area contributed by atoms with E-state index in [9.17, 15) is 0 Å². The summed E-state index contributed by atoms with van der Waals surface area (Å²) in [4.78, 5) is 13.5. The van der Waals surface area contributed by atoms with Crippen LogP contribution in [0.1, 0.15) is 24.5 Å². The van der Waals surface area contributed by atoms with Crippen molar-refractivity contribution in [1.29, 1.82) is 0 Å². The fraction of sp³-hybridized carbons (Fsp3) is 0.444. The summed E-state index contributed by atoms with van der Waals surface area (Å²) in [6.07, 6.45) is 4.08. The predicted molar refractivity (Wildman–Crippen MR) is 101 cm³/mol. The summed E-state index contributed by atoms with van der Waals surface area (Å²) in [5, 5.41) is 1.11. The molecule has 4 rings (SSSR count). The Bertz CT molecular complexity index is 752. The van der Waals surface area contributed by atoms with Crippen LogP contribution in [-0.4, -0.2) is 42.8 Å². The molecule has 0 spiro atoms. The molecular weight excluding hydrogens is 359 g/mol. The average molecular weight is 379 g/mol. The first-order chi connectivity index (χ1) is 12.2. The van der Waals surface area contributed by atoms with Crippen LogP contribution < -0.4 is 9.80 Å². The third kappa shape index (κ3) is 3.68. The van der Waals surface area contributed by atoms with Gasteiger partial charge in [0.2, 0.25) is 0 Å². The Balaban J connectivity index is 1.52. The Morgan fingerprint density at radius 2 is 1.68 bits per heavy atom. The number of ether oxygens (including phenoxy) is 1. The lowest BCUT2D eigenvalue weighted by molar-refractivity contribution is 0.0395. The van der Waals surface area contributed by atoms with Crippen LogP contribution in [0.25, 0.3) is 0 Å². The number of hydrogen-bond acceptors (Lipinski definition) is 5. The lowest BCUT2D eigenvalue weighted by Crippen LogP contribution is -2.39. The topological polar surface area (TPSA) is 41.5 Å². The molecule has 1 atom stereocenters. The standard InChI is InChI=1S/C18H20Cl2N4O/c19-14-4-3-13(9-15(14)20)16-11-24(7-8-25-16)18-10-17(21-12-22-18)23-5-1-2-6-23/h3-4,9-10,12,16H,1-2,5-8,11H2. The number of anilines is 2. The average Bonchev–Trinajstić information content (AvgIpc) is 3.19. The monoisotopic (exact) mass is 378 g/mol. The van der Waals surface area contributed by atoms with Crippen LogP contribution in [0.3, 0.4) is 0 Å². The Labute approximate surface area is 157 Å². The first kappa shape index (κ1) is 16.9.